The summed E-state index contributed by atoms with van der Waals surface area (Å²) in [6, 6.07) is 24.5. The number of ether oxygens (including phenoxy) is 4. The fourth-order valence-electron chi connectivity index (χ4n) is 5.63. The van der Waals surface area contributed by atoms with Gasteiger partial charge in [0.1, 0.15) is 44.0 Å². The van der Waals surface area contributed by atoms with Crippen LogP contribution in [0, 0.1) is 18.3 Å². The average Bonchev–Trinajstić information content (AvgIpc) is 3.08. The highest BCUT2D eigenvalue weighted by molar-refractivity contribution is 7.99. The van der Waals surface area contributed by atoms with Crippen LogP contribution in [0.3, 0.4) is 0 Å². The Balaban J connectivity index is 1.25. The molecule has 0 spiro atoms. The topological polar surface area (TPSA) is 101 Å². The van der Waals surface area contributed by atoms with Crippen molar-refractivity contribution in [3.63, 3.8) is 0 Å². The molecule has 4 aromatic rings. The van der Waals surface area contributed by atoms with Crippen LogP contribution in [0.5, 0.6) is 23.0 Å². The molecule has 0 aliphatic carbocycles. The standard InChI is InChI=1S/C36H33ClN2O6S/c1-23-27(6-3-7-29(23)26-8-9-32-35(16-26)43-12-11-42-32)21-45-34-17-33(44-20-25-5-2-4-24(14-25)18-38)28(15-30(34)37)19-39-10-13-46-22-31(39)36(40)41/h2-9,14-17,31H,10-13,19-22H2,1H3,(H,40,41). The van der Waals surface area contributed by atoms with Crippen LogP contribution in [0.4, 0.5) is 0 Å². The van der Waals surface area contributed by atoms with Crippen molar-refractivity contribution < 1.29 is 28.8 Å². The summed E-state index contributed by atoms with van der Waals surface area (Å²) in [7, 11) is 0. The van der Waals surface area contributed by atoms with Crippen LogP contribution < -0.4 is 18.9 Å². The summed E-state index contributed by atoms with van der Waals surface area (Å²) >= 11 is 8.43. The van der Waals surface area contributed by atoms with Crippen molar-refractivity contribution in [1.82, 2.24) is 4.90 Å². The minimum Gasteiger partial charge on any atom is -0.488 e. The van der Waals surface area contributed by atoms with Crippen LogP contribution in [0.15, 0.2) is 72.8 Å². The Labute approximate surface area is 277 Å². The normalized spacial score (nSPS) is 16.0. The summed E-state index contributed by atoms with van der Waals surface area (Å²) in [5.41, 5.74) is 6.32. The maximum absolute atomic E-state index is 12.0. The number of halogens is 1. The molecule has 0 amide bonds. The molecule has 6 rings (SSSR count). The number of carboxylic acids is 1. The summed E-state index contributed by atoms with van der Waals surface area (Å²) < 4.78 is 24.1. The lowest BCUT2D eigenvalue weighted by Crippen LogP contribution is -2.46. The van der Waals surface area contributed by atoms with Gasteiger partial charge in [-0.15, -0.1) is 0 Å². The van der Waals surface area contributed by atoms with E-state index in [9.17, 15) is 15.2 Å². The third-order valence-electron chi connectivity index (χ3n) is 8.15. The molecule has 0 aromatic heterocycles. The summed E-state index contributed by atoms with van der Waals surface area (Å²) in [4.78, 5) is 13.9. The van der Waals surface area contributed by atoms with Gasteiger partial charge in [0.15, 0.2) is 11.5 Å². The van der Waals surface area contributed by atoms with Crippen molar-refractivity contribution in [2.45, 2.75) is 32.7 Å². The van der Waals surface area contributed by atoms with E-state index in [-0.39, 0.29) is 13.2 Å². The molecular formula is C36H33ClN2O6S. The van der Waals surface area contributed by atoms with Crippen LogP contribution in [0.1, 0.15) is 27.8 Å². The summed E-state index contributed by atoms with van der Waals surface area (Å²) in [6.07, 6.45) is 0. The lowest BCUT2D eigenvalue weighted by molar-refractivity contribution is -0.142. The van der Waals surface area contributed by atoms with Gasteiger partial charge >= 0.3 is 5.97 Å². The second-order valence-corrected chi connectivity index (χ2v) is 12.7. The van der Waals surface area contributed by atoms with Crippen molar-refractivity contribution in [3.8, 4) is 40.2 Å². The van der Waals surface area contributed by atoms with Gasteiger partial charge in [-0.25, -0.2) is 0 Å². The summed E-state index contributed by atoms with van der Waals surface area (Å²) in [6.45, 7) is 4.63. The monoisotopic (exact) mass is 656 g/mol. The zero-order valence-corrected chi connectivity index (χ0v) is 26.9. The third kappa shape index (κ3) is 7.20. The van der Waals surface area contributed by atoms with Gasteiger partial charge in [-0.1, -0.05) is 48.0 Å². The fourth-order valence-corrected chi connectivity index (χ4v) is 6.98. The first-order chi connectivity index (χ1) is 22.4. The Hall–Kier alpha value is -4.36. The number of carbonyl (C=O) groups is 1. The average molecular weight is 657 g/mol. The fraction of sp³-hybridized carbons (Fsp3) is 0.278. The van der Waals surface area contributed by atoms with Crippen molar-refractivity contribution in [1.29, 1.82) is 5.26 Å². The quantitative estimate of drug-likeness (QED) is 0.191. The molecule has 2 aliphatic heterocycles. The molecule has 236 valence electrons. The number of hydrogen-bond acceptors (Lipinski definition) is 8. The second-order valence-electron chi connectivity index (χ2n) is 11.1. The van der Waals surface area contributed by atoms with Gasteiger partial charge in [0.25, 0.3) is 0 Å². The maximum atomic E-state index is 12.0. The zero-order chi connectivity index (χ0) is 32.0. The van der Waals surface area contributed by atoms with E-state index in [1.807, 2.05) is 47.4 Å². The maximum Gasteiger partial charge on any atom is 0.321 e. The molecule has 0 bridgehead atoms. The molecule has 4 aromatic carbocycles. The molecule has 10 heteroatoms. The molecule has 1 atom stereocenters. The zero-order valence-electron chi connectivity index (χ0n) is 25.3. The molecular weight excluding hydrogens is 624 g/mol. The van der Waals surface area contributed by atoms with E-state index < -0.39 is 12.0 Å². The van der Waals surface area contributed by atoms with Crippen LogP contribution in [-0.2, 0) is 24.6 Å². The lowest BCUT2D eigenvalue weighted by atomic mass is 9.96. The van der Waals surface area contributed by atoms with Crippen LogP contribution >= 0.6 is 23.4 Å². The van der Waals surface area contributed by atoms with Gasteiger partial charge in [-0.3, -0.25) is 9.69 Å². The molecule has 2 aliphatic rings. The van der Waals surface area contributed by atoms with Gasteiger partial charge in [-0.2, -0.15) is 17.0 Å². The predicted octanol–water partition coefficient (Wildman–Crippen LogP) is 7.12. The van der Waals surface area contributed by atoms with E-state index in [2.05, 4.69) is 19.1 Å². The number of thioether (sulfide) groups is 1. The van der Waals surface area contributed by atoms with Crippen LogP contribution in [-0.4, -0.2) is 53.3 Å². The Morgan fingerprint density at radius 2 is 1.80 bits per heavy atom. The van der Waals surface area contributed by atoms with E-state index in [1.165, 1.54) is 0 Å². The van der Waals surface area contributed by atoms with E-state index >= 15 is 0 Å². The van der Waals surface area contributed by atoms with Crippen molar-refractivity contribution in [3.05, 3.63) is 106 Å². The molecule has 1 N–H and O–H groups in total. The van der Waals surface area contributed by atoms with Crippen LogP contribution in [0.25, 0.3) is 11.1 Å². The molecule has 46 heavy (non-hydrogen) atoms. The first-order valence-electron chi connectivity index (χ1n) is 15.0. The minimum absolute atomic E-state index is 0.221. The number of carboxylic acid groups (broad SMARTS) is 1. The number of fused-ring (bicyclic) bond motifs is 1. The Bertz CT molecular complexity index is 1790. The van der Waals surface area contributed by atoms with Gasteiger partial charge < -0.3 is 24.1 Å². The minimum atomic E-state index is -0.845. The third-order valence-corrected chi connectivity index (χ3v) is 9.46. The van der Waals surface area contributed by atoms with Crippen molar-refractivity contribution in [2.75, 3.05) is 31.3 Å². The summed E-state index contributed by atoms with van der Waals surface area (Å²) in [5, 5.41) is 19.6. The number of nitrogens with zero attached hydrogens (tertiary/aromatic N) is 2. The van der Waals surface area contributed by atoms with Gasteiger partial charge in [0.05, 0.1) is 16.7 Å². The number of aliphatic carboxylic acids is 1. The Morgan fingerprint density at radius 3 is 2.63 bits per heavy atom. The lowest BCUT2D eigenvalue weighted by Gasteiger charge is -2.33. The first-order valence-corrected chi connectivity index (χ1v) is 16.5. The molecule has 1 fully saturated rings. The Kier molecular flexibility index (Phi) is 9.88. The summed E-state index contributed by atoms with van der Waals surface area (Å²) in [5.74, 6) is 3.01. The Morgan fingerprint density at radius 1 is 1.00 bits per heavy atom. The van der Waals surface area contributed by atoms with Gasteiger partial charge in [0.2, 0.25) is 0 Å². The number of benzene rings is 4. The largest absolute Gasteiger partial charge is 0.488 e. The highest BCUT2D eigenvalue weighted by atomic mass is 35.5. The van der Waals surface area contributed by atoms with E-state index in [1.54, 1.807) is 36.0 Å². The number of nitriles is 1. The van der Waals surface area contributed by atoms with E-state index in [0.29, 0.717) is 54.1 Å². The molecule has 1 unspecified atom stereocenters. The van der Waals surface area contributed by atoms with Gasteiger partial charge in [-0.05, 0) is 65.1 Å². The second kappa shape index (κ2) is 14.4. The van der Waals surface area contributed by atoms with Gasteiger partial charge in [0, 0.05) is 36.2 Å². The molecule has 2 heterocycles. The van der Waals surface area contributed by atoms with Crippen molar-refractivity contribution in [2.24, 2.45) is 0 Å². The SMILES string of the molecule is Cc1c(COc2cc(OCc3cccc(C#N)c3)c(CN3CCSCC3C(=O)O)cc2Cl)cccc1-c1ccc2c(c1)OCCO2. The first kappa shape index (κ1) is 31.6. The van der Waals surface area contributed by atoms with Crippen molar-refractivity contribution >= 4 is 29.3 Å². The molecule has 8 nitrogen and oxygen atoms in total. The highest BCUT2D eigenvalue weighted by Crippen LogP contribution is 2.38. The molecule has 0 saturated carbocycles. The molecule has 1 saturated heterocycles. The highest BCUT2D eigenvalue weighted by Gasteiger charge is 2.30. The molecule has 0 radical (unpaired) electrons. The predicted molar refractivity (Wildman–Crippen MR) is 178 cm³/mol. The van der Waals surface area contributed by atoms with E-state index in [4.69, 9.17) is 30.5 Å². The number of hydrogen-bond donors (Lipinski definition) is 1. The smallest absolute Gasteiger partial charge is 0.321 e. The van der Waals surface area contributed by atoms with Crippen LogP contribution in [0.2, 0.25) is 5.02 Å². The van der Waals surface area contributed by atoms with E-state index in [0.717, 1.165) is 50.6 Å². The number of rotatable bonds is 10.